The third kappa shape index (κ3) is 1.80. The number of nitrogens with zero attached hydrogens (tertiary/aromatic N) is 3. The molecule has 1 aromatic heterocycles. The first kappa shape index (κ1) is 8.10. The highest BCUT2D eigenvalue weighted by molar-refractivity contribution is 6.99. The van der Waals surface area contributed by atoms with Crippen LogP contribution in [0.1, 0.15) is 12.1 Å². The molecule has 2 heterocycles. The first-order valence-electron chi connectivity index (χ1n) is 4.09. The maximum Gasteiger partial charge on any atom is 0.0883 e. The standard InChI is InChI=1S/C7H12N4S/c8-6-1-2-11(4-6)5-7-3-9-12-10-7/h3,6H,1-2,4-5,8H2/t6-/m1/s1. The maximum absolute atomic E-state index is 5.78. The van der Waals surface area contributed by atoms with Crippen LogP contribution in [0.5, 0.6) is 0 Å². The van der Waals surface area contributed by atoms with Gasteiger partial charge in [-0.1, -0.05) is 0 Å². The molecular formula is C7H12N4S. The molecule has 5 heteroatoms. The highest BCUT2D eigenvalue weighted by Gasteiger charge is 2.19. The lowest BCUT2D eigenvalue weighted by Crippen LogP contribution is -2.26. The van der Waals surface area contributed by atoms with Crippen molar-refractivity contribution in [1.29, 1.82) is 0 Å². The largest absolute Gasteiger partial charge is 0.326 e. The molecule has 0 amide bonds. The summed E-state index contributed by atoms with van der Waals surface area (Å²) in [7, 11) is 0. The molecule has 0 unspecified atom stereocenters. The zero-order valence-corrected chi connectivity index (χ0v) is 7.63. The number of nitrogens with two attached hydrogens (primary N) is 1. The Kier molecular flexibility index (Phi) is 2.34. The van der Waals surface area contributed by atoms with E-state index in [2.05, 4.69) is 13.6 Å². The molecule has 2 rings (SSSR count). The number of rotatable bonds is 2. The van der Waals surface area contributed by atoms with Crippen molar-refractivity contribution in [2.24, 2.45) is 5.73 Å². The summed E-state index contributed by atoms with van der Waals surface area (Å²) in [6, 6.07) is 0.358. The molecule has 66 valence electrons. The maximum atomic E-state index is 5.78. The first-order chi connectivity index (χ1) is 5.84. The second-order valence-corrected chi connectivity index (χ2v) is 3.74. The minimum Gasteiger partial charge on any atom is -0.326 e. The van der Waals surface area contributed by atoms with Crippen LogP contribution < -0.4 is 5.73 Å². The smallest absolute Gasteiger partial charge is 0.0883 e. The van der Waals surface area contributed by atoms with Gasteiger partial charge < -0.3 is 5.73 Å². The summed E-state index contributed by atoms with van der Waals surface area (Å²) in [6.45, 7) is 3.00. The van der Waals surface area contributed by atoms with Crippen molar-refractivity contribution in [2.75, 3.05) is 13.1 Å². The van der Waals surface area contributed by atoms with E-state index >= 15 is 0 Å². The SMILES string of the molecule is N[C@@H]1CCN(Cc2cnsn2)C1. The van der Waals surface area contributed by atoms with Crippen molar-refractivity contribution >= 4 is 11.7 Å². The molecule has 12 heavy (non-hydrogen) atoms. The van der Waals surface area contributed by atoms with Gasteiger partial charge in [0.1, 0.15) is 0 Å². The predicted octanol–water partition coefficient (Wildman–Crippen LogP) is 0.0711. The minimum absolute atomic E-state index is 0.358. The van der Waals surface area contributed by atoms with Gasteiger partial charge in [0, 0.05) is 25.7 Å². The van der Waals surface area contributed by atoms with E-state index < -0.39 is 0 Å². The average molecular weight is 184 g/mol. The number of hydrogen-bond acceptors (Lipinski definition) is 5. The highest BCUT2D eigenvalue weighted by Crippen LogP contribution is 2.10. The molecular weight excluding hydrogens is 172 g/mol. The third-order valence-corrected chi connectivity index (χ3v) is 2.62. The van der Waals surface area contributed by atoms with Gasteiger partial charge in [-0.2, -0.15) is 8.75 Å². The molecule has 1 atom stereocenters. The summed E-state index contributed by atoms with van der Waals surface area (Å²) < 4.78 is 8.11. The summed E-state index contributed by atoms with van der Waals surface area (Å²) in [4.78, 5) is 2.32. The minimum atomic E-state index is 0.358. The third-order valence-electron chi connectivity index (χ3n) is 2.10. The highest BCUT2D eigenvalue weighted by atomic mass is 32.1. The van der Waals surface area contributed by atoms with Crippen LogP contribution >= 0.6 is 11.7 Å². The molecule has 0 saturated carbocycles. The Morgan fingerprint density at radius 1 is 1.75 bits per heavy atom. The van der Waals surface area contributed by atoms with E-state index in [-0.39, 0.29) is 0 Å². The Morgan fingerprint density at radius 3 is 3.25 bits per heavy atom. The van der Waals surface area contributed by atoms with Crippen molar-refractivity contribution in [2.45, 2.75) is 19.0 Å². The van der Waals surface area contributed by atoms with Crippen molar-refractivity contribution in [3.63, 3.8) is 0 Å². The molecule has 1 aromatic rings. The lowest BCUT2D eigenvalue weighted by molar-refractivity contribution is 0.324. The van der Waals surface area contributed by atoms with E-state index in [0.29, 0.717) is 6.04 Å². The van der Waals surface area contributed by atoms with E-state index in [1.54, 1.807) is 0 Å². The van der Waals surface area contributed by atoms with Crippen molar-refractivity contribution in [3.8, 4) is 0 Å². The molecule has 0 aromatic carbocycles. The summed E-state index contributed by atoms with van der Waals surface area (Å²) in [5.41, 5.74) is 6.84. The van der Waals surface area contributed by atoms with Gasteiger partial charge in [-0.15, -0.1) is 0 Å². The van der Waals surface area contributed by atoms with E-state index in [1.807, 2.05) is 6.20 Å². The van der Waals surface area contributed by atoms with Gasteiger partial charge >= 0.3 is 0 Å². The fourth-order valence-electron chi connectivity index (χ4n) is 1.49. The Hall–Kier alpha value is -0.520. The van der Waals surface area contributed by atoms with Crippen LogP contribution in [0.2, 0.25) is 0 Å². The van der Waals surface area contributed by atoms with Gasteiger partial charge in [-0.25, -0.2) is 0 Å². The van der Waals surface area contributed by atoms with Crippen LogP contribution in [0.25, 0.3) is 0 Å². The Bertz CT molecular complexity index is 236. The lowest BCUT2D eigenvalue weighted by atomic mass is 10.3. The topological polar surface area (TPSA) is 55.0 Å². The number of likely N-dealkylation sites (tertiary alicyclic amines) is 1. The normalized spacial score (nSPS) is 24.9. The Balaban J connectivity index is 1.88. The average Bonchev–Trinajstić information content (AvgIpc) is 2.63. The summed E-state index contributed by atoms with van der Waals surface area (Å²) >= 11 is 1.27. The summed E-state index contributed by atoms with van der Waals surface area (Å²) in [6.07, 6.45) is 2.94. The van der Waals surface area contributed by atoms with Gasteiger partial charge in [-0.05, 0) is 6.42 Å². The number of hydrogen-bond donors (Lipinski definition) is 1. The molecule has 0 aliphatic carbocycles. The molecule has 0 radical (unpaired) electrons. The van der Waals surface area contributed by atoms with Gasteiger partial charge in [0.25, 0.3) is 0 Å². The van der Waals surface area contributed by atoms with E-state index in [9.17, 15) is 0 Å². The Morgan fingerprint density at radius 2 is 2.67 bits per heavy atom. The van der Waals surface area contributed by atoms with Crippen LogP contribution in [-0.4, -0.2) is 32.8 Å². The predicted molar refractivity (Wildman–Crippen MR) is 47.8 cm³/mol. The van der Waals surface area contributed by atoms with Crippen LogP contribution in [0.4, 0.5) is 0 Å². The van der Waals surface area contributed by atoms with E-state index in [0.717, 1.165) is 31.7 Å². The fourth-order valence-corrected chi connectivity index (χ4v) is 1.91. The van der Waals surface area contributed by atoms with Crippen LogP contribution in [0.3, 0.4) is 0 Å². The fraction of sp³-hybridized carbons (Fsp3) is 0.714. The van der Waals surface area contributed by atoms with Crippen LogP contribution in [0.15, 0.2) is 6.20 Å². The molecule has 2 N–H and O–H groups in total. The molecule has 4 nitrogen and oxygen atoms in total. The quantitative estimate of drug-likeness (QED) is 0.706. The summed E-state index contributed by atoms with van der Waals surface area (Å²) in [5, 5.41) is 0. The van der Waals surface area contributed by atoms with Crippen LogP contribution in [-0.2, 0) is 6.54 Å². The second kappa shape index (κ2) is 3.47. The Labute approximate surface area is 75.7 Å². The second-order valence-electron chi connectivity index (χ2n) is 3.18. The van der Waals surface area contributed by atoms with Crippen molar-refractivity contribution in [3.05, 3.63) is 11.9 Å². The molecule has 1 aliphatic heterocycles. The van der Waals surface area contributed by atoms with Gasteiger partial charge in [0.15, 0.2) is 0 Å². The first-order valence-corrected chi connectivity index (χ1v) is 4.82. The van der Waals surface area contributed by atoms with E-state index in [1.165, 1.54) is 11.7 Å². The van der Waals surface area contributed by atoms with Gasteiger partial charge in [-0.3, -0.25) is 4.90 Å². The van der Waals surface area contributed by atoms with Crippen molar-refractivity contribution < 1.29 is 0 Å². The van der Waals surface area contributed by atoms with Gasteiger partial charge in [0.05, 0.1) is 23.6 Å². The molecule has 1 fully saturated rings. The number of aromatic nitrogens is 2. The molecule has 1 aliphatic rings. The van der Waals surface area contributed by atoms with Gasteiger partial charge in [0.2, 0.25) is 0 Å². The zero-order valence-electron chi connectivity index (χ0n) is 6.81. The zero-order chi connectivity index (χ0) is 8.39. The molecule has 1 saturated heterocycles. The monoisotopic (exact) mass is 184 g/mol. The van der Waals surface area contributed by atoms with E-state index in [4.69, 9.17) is 5.73 Å². The molecule has 0 spiro atoms. The lowest BCUT2D eigenvalue weighted by Gasteiger charge is -2.11. The van der Waals surface area contributed by atoms with Crippen LogP contribution in [0, 0.1) is 0 Å². The molecule has 0 bridgehead atoms. The summed E-state index contributed by atoms with van der Waals surface area (Å²) in [5.74, 6) is 0. The van der Waals surface area contributed by atoms with Crippen molar-refractivity contribution in [1.82, 2.24) is 13.6 Å².